The van der Waals surface area contributed by atoms with Gasteiger partial charge in [-0.05, 0) is 49.8 Å². The van der Waals surface area contributed by atoms with Crippen LogP contribution in [0.25, 0.3) is 0 Å². The van der Waals surface area contributed by atoms with Gasteiger partial charge >= 0.3 is 5.97 Å². The van der Waals surface area contributed by atoms with Crippen LogP contribution >= 0.6 is 11.3 Å². The van der Waals surface area contributed by atoms with Crippen LogP contribution in [0, 0.1) is 18.8 Å². The van der Waals surface area contributed by atoms with E-state index in [0.29, 0.717) is 29.6 Å². The molecule has 0 spiro atoms. The lowest BCUT2D eigenvalue weighted by Gasteiger charge is -2.35. The number of ether oxygens (including phenoxy) is 2. The number of nitrogens with zero attached hydrogens (tertiary/aromatic N) is 3. The van der Waals surface area contributed by atoms with Gasteiger partial charge in [0.1, 0.15) is 16.9 Å². The Balaban J connectivity index is 1.43. The third-order valence-electron chi connectivity index (χ3n) is 5.41. The first-order valence-corrected chi connectivity index (χ1v) is 9.93. The van der Waals surface area contributed by atoms with E-state index in [1.54, 1.807) is 35.6 Å². The second-order valence-corrected chi connectivity index (χ2v) is 8.40. The maximum Gasteiger partial charge on any atom is 0.337 e. The zero-order valence-electron chi connectivity index (χ0n) is 15.4. The van der Waals surface area contributed by atoms with Crippen LogP contribution in [0.5, 0.6) is 5.75 Å². The Morgan fingerprint density at radius 2 is 2.04 bits per heavy atom. The number of hydrogen-bond acceptors (Lipinski definition) is 8. The molecule has 1 saturated carbocycles. The van der Waals surface area contributed by atoms with Crippen LogP contribution in [-0.4, -0.2) is 53.7 Å². The molecule has 2 fully saturated rings. The summed E-state index contributed by atoms with van der Waals surface area (Å²) in [7, 11) is 1.35. The predicted octanol–water partition coefficient (Wildman–Crippen LogP) is 2.29. The lowest BCUT2D eigenvalue weighted by atomic mass is 9.78. The van der Waals surface area contributed by atoms with Gasteiger partial charge in [0.05, 0.1) is 18.8 Å². The van der Waals surface area contributed by atoms with Gasteiger partial charge < -0.3 is 19.5 Å². The predicted molar refractivity (Wildman–Crippen MR) is 101 cm³/mol. The van der Waals surface area contributed by atoms with E-state index in [1.807, 2.05) is 6.92 Å². The maximum absolute atomic E-state index is 11.7. The second-order valence-electron chi connectivity index (χ2n) is 7.24. The molecule has 0 bridgehead atoms. The molecule has 2 aromatic rings. The largest absolute Gasteiger partial charge is 0.488 e. The summed E-state index contributed by atoms with van der Waals surface area (Å²) in [5.41, 5.74) is 0.442. The van der Waals surface area contributed by atoms with Gasteiger partial charge in [0.25, 0.3) is 0 Å². The minimum Gasteiger partial charge on any atom is -0.488 e. The quantitative estimate of drug-likeness (QED) is 0.803. The van der Waals surface area contributed by atoms with Gasteiger partial charge in [-0.1, -0.05) is 17.4 Å². The third kappa shape index (κ3) is 3.77. The summed E-state index contributed by atoms with van der Waals surface area (Å²) < 4.78 is 10.8. The number of aromatic nitrogens is 2. The number of aryl methyl sites for hydroxylation is 1. The number of carbonyl (C=O) groups excluding carboxylic acids is 1. The molecule has 1 aliphatic carbocycles. The van der Waals surface area contributed by atoms with Crippen LogP contribution < -0.4 is 9.64 Å². The maximum atomic E-state index is 11.7. The molecule has 0 amide bonds. The summed E-state index contributed by atoms with van der Waals surface area (Å²) in [4.78, 5) is 14.0. The van der Waals surface area contributed by atoms with E-state index in [9.17, 15) is 9.90 Å². The molecular weight excluding hydrogens is 366 g/mol. The molecule has 2 heterocycles. The number of carbonyl (C=O) groups is 1. The van der Waals surface area contributed by atoms with Crippen molar-refractivity contribution in [2.75, 3.05) is 25.1 Å². The molecule has 27 heavy (non-hydrogen) atoms. The highest BCUT2D eigenvalue weighted by atomic mass is 32.1. The smallest absolute Gasteiger partial charge is 0.337 e. The van der Waals surface area contributed by atoms with Crippen molar-refractivity contribution < 1.29 is 19.4 Å². The number of aliphatic hydroxyl groups is 1. The fourth-order valence-corrected chi connectivity index (χ4v) is 4.78. The first kappa shape index (κ1) is 18.2. The van der Waals surface area contributed by atoms with Crippen molar-refractivity contribution in [3.05, 3.63) is 34.8 Å². The molecule has 4 rings (SSSR count). The summed E-state index contributed by atoms with van der Waals surface area (Å²) in [5, 5.41) is 20.9. The molecule has 0 unspecified atom stereocenters. The lowest BCUT2D eigenvalue weighted by molar-refractivity contribution is -0.0231. The fraction of sp³-hybridized carbons (Fsp3) is 0.526. The molecule has 1 N–H and O–H groups in total. The van der Waals surface area contributed by atoms with Crippen LogP contribution in [0.15, 0.2) is 24.3 Å². The highest BCUT2D eigenvalue weighted by molar-refractivity contribution is 7.15. The van der Waals surface area contributed by atoms with Crippen LogP contribution in [0.1, 0.15) is 28.2 Å². The van der Waals surface area contributed by atoms with E-state index in [4.69, 9.17) is 9.47 Å². The Labute approximate surface area is 161 Å². The number of hydrogen-bond donors (Lipinski definition) is 1. The van der Waals surface area contributed by atoms with Crippen LogP contribution in [0.2, 0.25) is 0 Å². The molecule has 144 valence electrons. The third-order valence-corrected chi connectivity index (χ3v) is 6.31. The number of aliphatic hydroxyl groups excluding tert-OH is 1. The molecule has 1 aliphatic heterocycles. The highest BCUT2D eigenvalue weighted by Gasteiger charge is 2.43. The first-order chi connectivity index (χ1) is 13.0. The minimum absolute atomic E-state index is 0.282. The lowest BCUT2D eigenvalue weighted by Crippen LogP contribution is -2.42. The van der Waals surface area contributed by atoms with Crippen molar-refractivity contribution >= 4 is 22.4 Å². The number of esters is 1. The van der Waals surface area contributed by atoms with E-state index >= 15 is 0 Å². The molecule has 2 aliphatic rings. The molecule has 7 nitrogen and oxygen atoms in total. The van der Waals surface area contributed by atoms with E-state index in [0.717, 1.165) is 29.6 Å². The Kier molecular flexibility index (Phi) is 5.01. The molecule has 1 aromatic carbocycles. The molecule has 0 radical (unpaired) electrons. The number of fused-ring (bicyclic) bond motifs is 1. The Morgan fingerprint density at radius 1 is 1.26 bits per heavy atom. The number of benzene rings is 1. The van der Waals surface area contributed by atoms with E-state index < -0.39 is 12.1 Å². The van der Waals surface area contributed by atoms with Gasteiger partial charge in [-0.15, -0.1) is 10.2 Å². The topological polar surface area (TPSA) is 84.8 Å². The Hall–Kier alpha value is -2.19. The zero-order valence-corrected chi connectivity index (χ0v) is 16.2. The number of methoxy groups -OCH3 is 1. The van der Waals surface area contributed by atoms with Crippen molar-refractivity contribution in [1.82, 2.24) is 10.2 Å². The number of rotatable bonds is 4. The molecule has 1 aromatic heterocycles. The Morgan fingerprint density at radius 3 is 2.74 bits per heavy atom. The van der Waals surface area contributed by atoms with Gasteiger partial charge in [0.2, 0.25) is 5.13 Å². The van der Waals surface area contributed by atoms with Crippen molar-refractivity contribution in [3.63, 3.8) is 0 Å². The van der Waals surface area contributed by atoms with Gasteiger partial charge in [-0.25, -0.2) is 4.79 Å². The van der Waals surface area contributed by atoms with Gasteiger partial charge in [-0.2, -0.15) is 0 Å². The molecule has 4 atom stereocenters. The van der Waals surface area contributed by atoms with Crippen molar-refractivity contribution in [1.29, 1.82) is 0 Å². The van der Waals surface area contributed by atoms with E-state index in [2.05, 4.69) is 15.1 Å². The van der Waals surface area contributed by atoms with Crippen molar-refractivity contribution in [2.24, 2.45) is 11.8 Å². The summed E-state index contributed by atoms with van der Waals surface area (Å²) >= 11 is 1.61. The van der Waals surface area contributed by atoms with Crippen molar-refractivity contribution in [3.8, 4) is 5.75 Å². The molecule has 8 heteroatoms. The Bertz CT molecular complexity index is 827. The van der Waals surface area contributed by atoms with Gasteiger partial charge in [-0.3, -0.25) is 0 Å². The van der Waals surface area contributed by atoms with Crippen molar-refractivity contribution in [2.45, 2.75) is 32.0 Å². The number of anilines is 1. The van der Waals surface area contributed by atoms with Crippen LogP contribution in [0.4, 0.5) is 5.13 Å². The summed E-state index contributed by atoms with van der Waals surface area (Å²) in [6.45, 7) is 3.77. The average molecular weight is 389 g/mol. The monoisotopic (exact) mass is 389 g/mol. The first-order valence-electron chi connectivity index (χ1n) is 9.11. The average Bonchev–Trinajstić information content (AvgIpc) is 3.27. The highest BCUT2D eigenvalue weighted by Crippen LogP contribution is 2.40. The normalized spacial score (nSPS) is 27.3. The second kappa shape index (κ2) is 7.44. The van der Waals surface area contributed by atoms with E-state index in [1.165, 1.54) is 7.11 Å². The molecular formula is C19H23N3O4S. The van der Waals surface area contributed by atoms with Crippen LogP contribution in [-0.2, 0) is 4.74 Å². The molecule has 1 saturated heterocycles. The SMILES string of the molecule is COC(=O)c1cccc(O[C@@H]2C[C@@H]3CN(c4nnc(C)s4)C[C@@H]3C[C@H]2O)c1. The summed E-state index contributed by atoms with van der Waals surface area (Å²) in [6, 6.07) is 6.91. The zero-order chi connectivity index (χ0) is 19.0. The minimum atomic E-state index is -0.524. The summed E-state index contributed by atoms with van der Waals surface area (Å²) in [6.07, 6.45) is 0.683. The van der Waals surface area contributed by atoms with Crippen LogP contribution in [0.3, 0.4) is 0 Å². The van der Waals surface area contributed by atoms with Gasteiger partial charge in [0.15, 0.2) is 0 Å². The fourth-order valence-electron chi connectivity index (χ4n) is 4.08. The van der Waals surface area contributed by atoms with Gasteiger partial charge in [0, 0.05) is 13.1 Å². The summed E-state index contributed by atoms with van der Waals surface area (Å²) in [5.74, 6) is 1.07. The van der Waals surface area contributed by atoms with E-state index in [-0.39, 0.29) is 6.10 Å². The standard InChI is InChI=1S/C19H23N3O4S/c1-11-20-21-19(27-11)22-9-13-7-16(23)17(8-14(13)10-22)26-15-5-3-4-12(6-15)18(24)25-2/h3-6,13-14,16-17,23H,7-10H2,1-2H3/t13-,14+,16+,17+/m0/s1.